The molecule has 4 rings (SSSR count). The molecule has 0 spiro atoms. The van der Waals surface area contributed by atoms with Crippen molar-refractivity contribution >= 4 is 29.3 Å². The minimum Gasteiger partial charge on any atom is -0.430 e. The lowest BCUT2D eigenvalue weighted by Gasteiger charge is -2.27. The summed E-state index contributed by atoms with van der Waals surface area (Å²) < 4.78 is 10.8. The zero-order valence-corrected chi connectivity index (χ0v) is 18.0. The first-order valence-electron chi connectivity index (χ1n) is 10.2. The third-order valence-corrected chi connectivity index (χ3v) is 9.57. The second-order valence-electron chi connectivity index (χ2n) is 7.05. The van der Waals surface area contributed by atoms with Crippen LogP contribution < -0.4 is 20.7 Å². The molecule has 4 heteroatoms. The van der Waals surface area contributed by atoms with E-state index in [0.29, 0.717) is 11.9 Å². The topological polar surface area (TPSA) is 35.5 Å². The molecule has 31 heavy (non-hydrogen) atoms. The summed E-state index contributed by atoms with van der Waals surface area (Å²) in [6.07, 6.45) is 0.00746. The highest BCUT2D eigenvalue weighted by Crippen LogP contribution is 2.54. The molecule has 0 bridgehead atoms. The standard InChI is InChI=1S/C27H24O3P/c28-27(30-23-13-5-1-6-14-23)29-21-22-31(24-15-7-2-8-16-24,25-17-9-3-10-18-25)26-19-11-4-12-20-26/h1-20H,21-22H2/q+1. The van der Waals surface area contributed by atoms with Crippen molar-refractivity contribution in [1.82, 2.24) is 0 Å². The van der Waals surface area contributed by atoms with E-state index in [2.05, 4.69) is 72.8 Å². The fourth-order valence-electron chi connectivity index (χ4n) is 3.76. The van der Waals surface area contributed by atoms with Gasteiger partial charge in [0, 0.05) is 0 Å². The Morgan fingerprint density at radius 3 is 1.39 bits per heavy atom. The molecule has 0 aromatic heterocycles. The van der Waals surface area contributed by atoms with Crippen LogP contribution in [0.4, 0.5) is 4.79 Å². The third kappa shape index (κ3) is 4.84. The van der Waals surface area contributed by atoms with Gasteiger partial charge in [-0.2, -0.15) is 0 Å². The number of ether oxygens (including phenoxy) is 2. The molecule has 0 saturated carbocycles. The van der Waals surface area contributed by atoms with Crippen molar-refractivity contribution in [3.8, 4) is 5.75 Å². The van der Waals surface area contributed by atoms with Crippen LogP contribution in [0.25, 0.3) is 0 Å². The Labute approximate surface area is 183 Å². The van der Waals surface area contributed by atoms with E-state index in [1.165, 1.54) is 15.9 Å². The summed E-state index contributed by atoms with van der Waals surface area (Å²) in [6, 6.07) is 40.5. The maximum absolute atomic E-state index is 12.3. The highest BCUT2D eigenvalue weighted by molar-refractivity contribution is 7.95. The van der Waals surface area contributed by atoms with E-state index in [4.69, 9.17) is 9.47 Å². The number of benzene rings is 4. The molecule has 0 aliphatic carbocycles. The minimum atomic E-state index is -2.02. The van der Waals surface area contributed by atoms with Crippen LogP contribution in [0.2, 0.25) is 0 Å². The van der Waals surface area contributed by atoms with Gasteiger partial charge in [-0.05, 0) is 48.5 Å². The van der Waals surface area contributed by atoms with E-state index in [9.17, 15) is 4.79 Å². The van der Waals surface area contributed by atoms with Crippen LogP contribution in [-0.4, -0.2) is 18.9 Å². The van der Waals surface area contributed by atoms with Crippen molar-refractivity contribution < 1.29 is 14.3 Å². The van der Waals surface area contributed by atoms with Crippen LogP contribution >= 0.6 is 7.26 Å². The van der Waals surface area contributed by atoms with E-state index in [-0.39, 0.29) is 6.61 Å². The Balaban J connectivity index is 1.65. The van der Waals surface area contributed by atoms with Crippen molar-refractivity contribution in [2.24, 2.45) is 0 Å². The Kier molecular flexibility index (Phi) is 6.76. The quantitative estimate of drug-likeness (QED) is 0.231. The fourth-order valence-corrected chi connectivity index (χ4v) is 7.84. The molecule has 4 aromatic rings. The number of para-hydroxylation sites is 1. The van der Waals surface area contributed by atoms with E-state index in [1.54, 1.807) is 12.1 Å². The minimum absolute atomic E-state index is 0.262. The van der Waals surface area contributed by atoms with Gasteiger partial charge in [-0.15, -0.1) is 0 Å². The lowest BCUT2D eigenvalue weighted by molar-refractivity contribution is 0.105. The average Bonchev–Trinajstić information content (AvgIpc) is 2.84. The van der Waals surface area contributed by atoms with Crippen LogP contribution in [0.5, 0.6) is 5.75 Å². The SMILES string of the molecule is O=C(OCC[P+](c1ccccc1)(c1ccccc1)c1ccccc1)Oc1ccccc1. The lowest BCUT2D eigenvalue weighted by Crippen LogP contribution is -2.35. The van der Waals surface area contributed by atoms with Gasteiger partial charge in [-0.1, -0.05) is 72.8 Å². The van der Waals surface area contributed by atoms with E-state index >= 15 is 0 Å². The highest BCUT2D eigenvalue weighted by atomic mass is 31.2. The van der Waals surface area contributed by atoms with Gasteiger partial charge in [0.1, 0.15) is 41.7 Å². The fraction of sp³-hybridized carbons (Fsp3) is 0.0741. The zero-order chi connectivity index (χ0) is 21.4. The van der Waals surface area contributed by atoms with Gasteiger partial charge >= 0.3 is 6.16 Å². The number of carbonyl (C=O) groups is 1. The Hall–Kier alpha value is -3.42. The van der Waals surface area contributed by atoms with Crippen molar-refractivity contribution in [2.45, 2.75) is 0 Å². The van der Waals surface area contributed by atoms with Crippen LogP contribution in [0.3, 0.4) is 0 Å². The lowest BCUT2D eigenvalue weighted by atomic mass is 10.3. The first kappa shape index (κ1) is 20.8. The van der Waals surface area contributed by atoms with Gasteiger partial charge in [0.2, 0.25) is 0 Å². The number of hydrogen-bond acceptors (Lipinski definition) is 3. The van der Waals surface area contributed by atoms with E-state index in [0.717, 1.165) is 0 Å². The zero-order valence-electron chi connectivity index (χ0n) is 17.1. The number of rotatable bonds is 7. The summed E-state index contributed by atoms with van der Waals surface area (Å²) in [7, 11) is -2.02. The maximum atomic E-state index is 12.3. The van der Waals surface area contributed by atoms with Gasteiger partial charge in [0.05, 0.1) is 0 Å². The maximum Gasteiger partial charge on any atom is 0.513 e. The molecule has 0 aliphatic rings. The molecule has 3 nitrogen and oxygen atoms in total. The largest absolute Gasteiger partial charge is 0.513 e. The molecule has 0 aliphatic heterocycles. The molecular weight excluding hydrogens is 403 g/mol. The van der Waals surface area contributed by atoms with Crippen molar-refractivity contribution in [3.63, 3.8) is 0 Å². The van der Waals surface area contributed by atoms with E-state index < -0.39 is 13.4 Å². The second kappa shape index (κ2) is 10.1. The van der Waals surface area contributed by atoms with Gasteiger partial charge in [-0.3, -0.25) is 0 Å². The van der Waals surface area contributed by atoms with Crippen LogP contribution in [0.1, 0.15) is 0 Å². The molecule has 0 N–H and O–H groups in total. The first-order valence-corrected chi connectivity index (χ1v) is 12.2. The van der Waals surface area contributed by atoms with E-state index in [1.807, 2.05) is 36.4 Å². The molecule has 4 aromatic carbocycles. The summed E-state index contributed by atoms with van der Waals surface area (Å²) in [5.74, 6) is 0.475. The van der Waals surface area contributed by atoms with Crippen molar-refractivity contribution in [1.29, 1.82) is 0 Å². The molecule has 154 valence electrons. The molecular formula is C27H24O3P+. The predicted molar refractivity (Wildman–Crippen MR) is 128 cm³/mol. The van der Waals surface area contributed by atoms with Crippen LogP contribution in [0, 0.1) is 0 Å². The molecule has 0 fully saturated rings. The Morgan fingerprint density at radius 1 is 0.581 bits per heavy atom. The number of hydrogen-bond donors (Lipinski definition) is 0. The molecule has 0 unspecified atom stereocenters. The van der Waals surface area contributed by atoms with Gasteiger partial charge < -0.3 is 9.47 Å². The molecule has 0 radical (unpaired) electrons. The first-order chi connectivity index (χ1) is 15.3. The van der Waals surface area contributed by atoms with Crippen LogP contribution in [-0.2, 0) is 4.74 Å². The summed E-state index contributed by atoms with van der Waals surface area (Å²) in [5.41, 5.74) is 0. The summed E-state index contributed by atoms with van der Waals surface area (Å²) in [6.45, 7) is 0.262. The Bertz CT molecular complexity index is 988. The van der Waals surface area contributed by atoms with Crippen LogP contribution in [0.15, 0.2) is 121 Å². The third-order valence-electron chi connectivity index (χ3n) is 5.18. The summed E-state index contributed by atoms with van der Waals surface area (Å²) in [4.78, 5) is 12.3. The smallest absolute Gasteiger partial charge is 0.430 e. The molecule has 0 amide bonds. The highest BCUT2D eigenvalue weighted by Gasteiger charge is 2.45. The van der Waals surface area contributed by atoms with Crippen molar-refractivity contribution in [2.75, 3.05) is 12.8 Å². The second-order valence-corrected chi connectivity index (χ2v) is 10.7. The normalized spacial score (nSPS) is 11.0. The Morgan fingerprint density at radius 2 is 0.968 bits per heavy atom. The number of carbonyl (C=O) groups excluding carboxylic acids is 1. The average molecular weight is 427 g/mol. The molecule has 0 saturated heterocycles. The van der Waals surface area contributed by atoms with Gasteiger partial charge in [0.25, 0.3) is 0 Å². The molecule has 0 atom stereocenters. The monoisotopic (exact) mass is 427 g/mol. The predicted octanol–water partition coefficient (Wildman–Crippen LogP) is 5.20. The van der Waals surface area contributed by atoms with Crippen molar-refractivity contribution in [3.05, 3.63) is 121 Å². The molecule has 0 heterocycles. The van der Waals surface area contributed by atoms with Gasteiger partial charge in [0.15, 0.2) is 0 Å². The van der Waals surface area contributed by atoms with Gasteiger partial charge in [-0.25, -0.2) is 4.79 Å². The summed E-state index contributed by atoms with van der Waals surface area (Å²) >= 11 is 0. The summed E-state index contributed by atoms with van der Waals surface area (Å²) in [5, 5.41) is 3.77.